The number of nitrogens with zero attached hydrogens (tertiary/aromatic N) is 2. The molecule has 2 atom stereocenters. The van der Waals surface area contributed by atoms with Gasteiger partial charge in [-0.05, 0) is 98.3 Å². The second kappa shape index (κ2) is 12.7. The molecule has 2 amide bonds. The molecular weight excluding hydrogens is 588 g/mol. The van der Waals surface area contributed by atoms with Gasteiger partial charge in [0.25, 0.3) is 0 Å². The highest BCUT2D eigenvalue weighted by Crippen LogP contribution is 2.62. The third kappa shape index (κ3) is 6.37. The summed E-state index contributed by atoms with van der Waals surface area (Å²) < 4.78 is 5.84. The molecule has 3 aromatic rings. The van der Waals surface area contributed by atoms with E-state index in [4.69, 9.17) is 4.74 Å². The monoisotopic (exact) mass is 632 g/mol. The predicted molar refractivity (Wildman–Crippen MR) is 179 cm³/mol. The summed E-state index contributed by atoms with van der Waals surface area (Å²) in [7, 11) is 0. The Morgan fingerprint density at radius 1 is 0.830 bits per heavy atom. The van der Waals surface area contributed by atoms with Crippen molar-refractivity contribution in [2.75, 3.05) is 4.90 Å². The maximum atomic E-state index is 15.3. The second-order valence-corrected chi connectivity index (χ2v) is 14.7. The standard InChI is InChI=1S/C40H44N2O5/c1-26-13-14-34-33(15-26)37(44)19-35(39(46)47-25-29-11-7-4-8-12-29)42(27(2)43)36(38(45)41(34)24-28-9-5-3-6-10-28)23-40-20-30-16-31(21-40)18-32(17-30)22-40/h3-15,30-32,35-36H,16-25H2,1-2H3/t30?,31?,32?,35-,36+,40?/m0/s1. The first-order valence-corrected chi connectivity index (χ1v) is 17.2. The molecule has 0 unspecified atom stereocenters. The average Bonchev–Trinajstić information content (AvgIpc) is 3.07. The Hall–Kier alpha value is -4.26. The van der Waals surface area contributed by atoms with E-state index < -0.39 is 24.0 Å². The molecule has 7 heteroatoms. The lowest BCUT2D eigenvalue weighted by Gasteiger charge is -2.58. The lowest BCUT2D eigenvalue weighted by atomic mass is 9.48. The molecule has 244 valence electrons. The van der Waals surface area contributed by atoms with Crippen molar-refractivity contribution < 1.29 is 23.9 Å². The zero-order valence-corrected chi connectivity index (χ0v) is 27.4. The molecule has 1 heterocycles. The van der Waals surface area contributed by atoms with Crippen LogP contribution in [0.3, 0.4) is 0 Å². The van der Waals surface area contributed by atoms with Crippen molar-refractivity contribution in [3.05, 3.63) is 101 Å². The van der Waals surface area contributed by atoms with E-state index in [1.54, 1.807) is 11.0 Å². The van der Waals surface area contributed by atoms with Gasteiger partial charge in [0.2, 0.25) is 11.8 Å². The Morgan fingerprint density at radius 2 is 1.43 bits per heavy atom. The van der Waals surface area contributed by atoms with E-state index in [9.17, 15) is 14.4 Å². The van der Waals surface area contributed by atoms with E-state index in [-0.39, 0.29) is 36.7 Å². The van der Waals surface area contributed by atoms with Crippen LogP contribution in [-0.2, 0) is 32.3 Å². The molecule has 3 aromatic carbocycles. The van der Waals surface area contributed by atoms with E-state index in [0.29, 0.717) is 35.4 Å². The first-order valence-electron chi connectivity index (χ1n) is 17.2. The van der Waals surface area contributed by atoms with Crippen molar-refractivity contribution in [1.29, 1.82) is 0 Å². The van der Waals surface area contributed by atoms with Gasteiger partial charge in [-0.3, -0.25) is 14.4 Å². The number of esters is 1. The molecule has 0 spiro atoms. The molecule has 1 aliphatic heterocycles. The molecule has 7 nitrogen and oxygen atoms in total. The summed E-state index contributed by atoms with van der Waals surface area (Å²) in [6, 6.07) is 22.5. The molecule has 47 heavy (non-hydrogen) atoms. The fourth-order valence-electron chi connectivity index (χ4n) is 9.65. The van der Waals surface area contributed by atoms with E-state index in [1.165, 1.54) is 31.1 Å². The van der Waals surface area contributed by atoms with E-state index in [2.05, 4.69) is 0 Å². The van der Waals surface area contributed by atoms with Crippen molar-refractivity contribution in [2.24, 2.45) is 23.2 Å². The molecule has 5 aliphatic rings. The summed E-state index contributed by atoms with van der Waals surface area (Å²) in [6.45, 7) is 3.58. The number of benzene rings is 3. The van der Waals surface area contributed by atoms with Crippen LogP contribution >= 0.6 is 0 Å². The SMILES string of the molecule is CC(=O)N1[C@H](CC23CC4CC(CC(C4)C2)C3)C(=O)N(Cc2ccccc2)c2ccc(C)cc2C(=O)C[C@H]1C(=O)OCc1ccccc1. The molecular formula is C40H44N2O5. The maximum Gasteiger partial charge on any atom is 0.329 e. The van der Waals surface area contributed by atoms with E-state index in [0.717, 1.165) is 36.0 Å². The summed E-state index contributed by atoms with van der Waals surface area (Å²) in [5, 5.41) is 0. The fraction of sp³-hybridized carbons (Fsp3) is 0.450. The largest absolute Gasteiger partial charge is 0.459 e. The van der Waals surface area contributed by atoms with Crippen LogP contribution in [-0.4, -0.2) is 40.6 Å². The van der Waals surface area contributed by atoms with Crippen molar-refractivity contribution >= 4 is 29.3 Å². The third-order valence-corrected chi connectivity index (χ3v) is 11.2. The first-order chi connectivity index (χ1) is 22.7. The number of carbonyl (C=O) groups is 4. The molecule has 0 N–H and O–H groups in total. The zero-order valence-electron chi connectivity index (χ0n) is 27.4. The van der Waals surface area contributed by atoms with Gasteiger partial charge in [0.1, 0.15) is 18.7 Å². The number of Topliss-reactive ketones (excluding diaryl/α,β-unsaturated/α-hetero) is 1. The lowest BCUT2D eigenvalue weighted by Crippen LogP contribution is -2.59. The summed E-state index contributed by atoms with van der Waals surface area (Å²) >= 11 is 0. The Bertz CT molecular complexity index is 1630. The Morgan fingerprint density at radius 3 is 2.02 bits per heavy atom. The van der Waals surface area contributed by atoms with Crippen molar-refractivity contribution in [2.45, 2.75) is 90.4 Å². The van der Waals surface area contributed by atoms with Crippen molar-refractivity contribution in [3.8, 4) is 0 Å². The quantitative estimate of drug-likeness (QED) is 0.261. The van der Waals surface area contributed by atoms with Crippen LogP contribution < -0.4 is 4.90 Å². The van der Waals surface area contributed by atoms with Gasteiger partial charge in [-0.25, -0.2) is 4.79 Å². The molecule has 0 saturated heterocycles. The lowest BCUT2D eigenvalue weighted by molar-refractivity contribution is -0.161. The number of amides is 2. The predicted octanol–water partition coefficient (Wildman–Crippen LogP) is 7.05. The van der Waals surface area contributed by atoms with E-state index >= 15 is 4.79 Å². The minimum absolute atomic E-state index is 0.0134. The number of ketones is 1. The molecule has 4 aliphatic carbocycles. The summed E-state index contributed by atoms with van der Waals surface area (Å²) in [6.07, 6.45) is 7.13. The minimum Gasteiger partial charge on any atom is -0.459 e. The molecule has 8 rings (SSSR count). The van der Waals surface area contributed by atoms with Crippen LogP contribution in [0, 0.1) is 30.1 Å². The number of fused-ring (bicyclic) bond motifs is 1. The second-order valence-electron chi connectivity index (χ2n) is 14.7. The normalized spacial score (nSPS) is 28.3. The first kappa shape index (κ1) is 31.3. The molecule has 0 aromatic heterocycles. The Labute approximate surface area is 277 Å². The van der Waals surface area contributed by atoms with Crippen LogP contribution in [0.4, 0.5) is 5.69 Å². The molecule has 4 bridgehead atoms. The van der Waals surface area contributed by atoms with Crippen LogP contribution in [0.15, 0.2) is 78.9 Å². The van der Waals surface area contributed by atoms with Gasteiger partial charge in [-0.2, -0.15) is 0 Å². The maximum absolute atomic E-state index is 15.3. The summed E-state index contributed by atoms with van der Waals surface area (Å²) in [5.41, 5.74) is 3.43. The number of ether oxygens (including phenoxy) is 1. The highest BCUT2D eigenvalue weighted by molar-refractivity contribution is 6.10. The van der Waals surface area contributed by atoms with Crippen LogP contribution in [0.1, 0.15) is 85.3 Å². The molecule has 4 saturated carbocycles. The summed E-state index contributed by atoms with van der Waals surface area (Å²) in [5.74, 6) is 0.344. The number of aryl methyl sites for hydroxylation is 1. The fourth-order valence-corrected chi connectivity index (χ4v) is 9.65. The van der Waals surface area contributed by atoms with Crippen LogP contribution in [0.25, 0.3) is 0 Å². The highest BCUT2D eigenvalue weighted by Gasteiger charge is 2.54. The van der Waals surface area contributed by atoms with Gasteiger partial charge in [-0.1, -0.05) is 72.3 Å². The van der Waals surface area contributed by atoms with Gasteiger partial charge in [-0.15, -0.1) is 0 Å². The number of anilines is 1. The van der Waals surface area contributed by atoms with Crippen molar-refractivity contribution in [1.82, 2.24) is 4.90 Å². The zero-order chi connectivity index (χ0) is 32.7. The average molecular weight is 633 g/mol. The highest BCUT2D eigenvalue weighted by atomic mass is 16.5. The number of carbonyl (C=O) groups excluding carboxylic acids is 4. The third-order valence-electron chi connectivity index (χ3n) is 11.2. The van der Waals surface area contributed by atoms with Crippen molar-refractivity contribution in [3.63, 3.8) is 0 Å². The van der Waals surface area contributed by atoms with Gasteiger partial charge in [0.05, 0.1) is 12.2 Å². The topological polar surface area (TPSA) is 84.0 Å². The van der Waals surface area contributed by atoms with Gasteiger partial charge in [0, 0.05) is 18.9 Å². The summed E-state index contributed by atoms with van der Waals surface area (Å²) in [4.78, 5) is 60.6. The number of hydrogen-bond donors (Lipinski definition) is 0. The van der Waals surface area contributed by atoms with Crippen LogP contribution in [0.5, 0.6) is 0 Å². The van der Waals surface area contributed by atoms with Crippen LogP contribution in [0.2, 0.25) is 0 Å². The minimum atomic E-state index is -1.23. The van der Waals surface area contributed by atoms with Gasteiger partial charge < -0.3 is 14.5 Å². The molecule has 0 radical (unpaired) electrons. The molecule has 4 fully saturated rings. The van der Waals surface area contributed by atoms with Gasteiger partial charge in [0.15, 0.2) is 5.78 Å². The smallest absolute Gasteiger partial charge is 0.329 e. The van der Waals surface area contributed by atoms with E-state index in [1.807, 2.05) is 79.7 Å². The number of hydrogen-bond acceptors (Lipinski definition) is 5. The van der Waals surface area contributed by atoms with Gasteiger partial charge >= 0.3 is 5.97 Å². The Kier molecular flexibility index (Phi) is 8.50. The Balaban J connectivity index is 1.33. The number of rotatable bonds is 7.